The first-order valence-corrected chi connectivity index (χ1v) is 3.29. The molecule has 0 bridgehead atoms. The molecular formula is C8H6N3. The molecule has 0 aliphatic rings. The van der Waals surface area contributed by atoms with E-state index in [1.54, 1.807) is 6.33 Å². The predicted octanol–water partition coefficient (Wildman–Crippen LogP) is 1.27. The second-order valence-corrected chi connectivity index (χ2v) is 2.11. The van der Waals surface area contributed by atoms with Gasteiger partial charge in [0.05, 0.1) is 0 Å². The van der Waals surface area contributed by atoms with E-state index in [4.69, 9.17) is 0 Å². The van der Waals surface area contributed by atoms with Gasteiger partial charge >= 0.3 is 0 Å². The van der Waals surface area contributed by atoms with Gasteiger partial charge in [0.15, 0.2) is 5.82 Å². The van der Waals surface area contributed by atoms with E-state index in [9.17, 15) is 0 Å². The number of nitrogens with one attached hydrogen (secondary N) is 1. The quantitative estimate of drug-likeness (QED) is 0.654. The van der Waals surface area contributed by atoms with E-state index in [0.717, 1.165) is 5.56 Å². The van der Waals surface area contributed by atoms with Gasteiger partial charge in [0.25, 0.3) is 0 Å². The molecule has 1 aromatic carbocycles. The van der Waals surface area contributed by atoms with Crippen molar-refractivity contribution < 1.29 is 0 Å². The van der Waals surface area contributed by atoms with Crippen molar-refractivity contribution in [1.82, 2.24) is 15.2 Å². The Morgan fingerprint density at radius 1 is 1.45 bits per heavy atom. The van der Waals surface area contributed by atoms with Gasteiger partial charge in [-0.05, 0) is 12.1 Å². The van der Waals surface area contributed by atoms with Crippen LogP contribution in [0.5, 0.6) is 0 Å². The monoisotopic (exact) mass is 144 g/mol. The topological polar surface area (TPSA) is 41.6 Å². The lowest BCUT2D eigenvalue weighted by Crippen LogP contribution is -1.78. The van der Waals surface area contributed by atoms with Crippen LogP contribution >= 0.6 is 0 Å². The molecule has 0 unspecified atom stereocenters. The first-order valence-electron chi connectivity index (χ1n) is 3.29. The van der Waals surface area contributed by atoms with Crippen LogP contribution < -0.4 is 0 Å². The fraction of sp³-hybridized carbons (Fsp3) is 0. The summed E-state index contributed by atoms with van der Waals surface area (Å²) >= 11 is 0. The van der Waals surface area contributed by atoms with Crippen molar-refractivity contribution in [3.05, 3.63) is 36.7 Å². The first-order chi connectivity index (χ1) is 5.47. The van der Waals surface area contributed by atoms with Gasteiger partial charge in [-0.25, -0.2) is 4.98 Å². The Morgan fingerprint density at radius 3 is 3.09 bits per heavy atom. The van der Waals surface area contributed by atoms with Crippen molar-refractivity contribution in [2.24, 2.45) is 0 Å². The summed E-state index contributed by atoms with van der Waals surface area (Å²) in [4.78, 5) is 4.00. The van der Waals surface area contributed by atoms with Crippen LogP contribution in [-0.2, 0) is 0 Å². The third-order valence-corrected chi connectivity index (χ3v) is 1.38. The normalized spacial score (nSPS) is 9.82. The van der Waals surface area contributed by atoms with Gasteiger partial charge < -0.3 is 0 Å². The minimum absolute atomic E-state index is 0.710. The maximum Gasteiger partial charge on any atom is 0.180 e. The van der Waals surface area contributed by atoms with Gasteiger partial charge in [0.2, 0.25) is 0 Å². The molecule has 0 saturated carbocycles. The Hall–Kier alpha value is -1.64. The molecule has 1 heterocycles. The van der Waals surface area contributed by atoms with E-state index >= 15 is 0 Å². The summed E-state index contributed by atoms with van der Waals surface area (Å²) < 4.78 is 0. The molecule has 53 valence electrons. The van der Waals surface area contributed by atoms with E-state index in [0.29, 0.717) is 5.82 Å². The Kier molecular flexibility index (Phi) is 1.41. The molecule has 0 atom stereocenters. The second kappa shape index (κ2) is 2.54. The second-order valence-electron chi connectivity index (χ2n) is 2.11. The lowest BCUT2D eigenvalue weighted by atomic mass is 10.2. The summed E-state index contributed by atoms with van der Waals surface area (Å²) in [6, 6.07) is 10.5. The molecule has 0 aliphatic heterocycles. The van der Waals surface area contributed by atoms with Gasteiger partial charge in [0.1, 0.15) is 6.33 Å². The van der Waals surface area contributed by atoms with Gasteiger partial charge in [-0.1, -0.05) is 18.2 Å². The average Bonchev–Trinajstić information content (AvgIpc) is 2.58. The molecular weight excluding hydrogens is 138 g/mol. The highest BCUT2D eigenvalue weighted by Crippen LogP contribution is 2.10. The van der Waals surface area contributed by atoms with Crippen LogP contribution in [0, 0.1) is 6.07 Å². The van der Waals surface area contributed by atoms with E-state index in [1.165, 1.54) is 0 Å². The highest BCUT2D eigenvalue weighted by atomic mass is 15.2. The number of hydrogen-bond donors (Lipinski definition) is 1. The van der Waals surface area contributed by atoms with Crippen LogP contribution in [0.1, 0.15) is 0 Å². The zero-order valence-electron chi connectivity index (χ0n) is 5.78. The van der Waals surface area contributed by atoms with Crippen LogP contribution in [0.3, 0.4) is 0 Å². The van der Waals surface area contributed by atoms with Crippen LogP contribution in [-0.4, -0.2) is 15.2 Å². The van der Waals surface area contributed by atoms with Gasteiger partial charge in [-0.3, -0.25) is 5.10 Å². The van der Waals surface area contributed by atoms with Crippen molar-refractivity contribution in [3.63, 3.8) is 0 Å². The first kappa shape index (κ1) is 6.09. The highest BCUT2D eigenvalue weighted by Gasteiger charge is 1.97. The lowest BCUT2D eigenvalue weighted by Gasteiger charge is -1.90. The van der Waals surface area contributed by atoms with Gasteiger partial charge in [-0.2, -0.15) is 5.10 Å². The third kappa shape index (κ3) is 1.12. The Morgan fingerprint density at radius 2 is 2.45 bits per heavy atom. The molecule has 3 nitrogen and oxygen atoms in total. The standard InChI is InChI=1S/C8H6N3/c1-2-4-7(5-3-1)8-9-6-10-11-8/h1-2,4-6H,(H,9,10,11). The van der Waals surface area contributed by atoms with E-state index in [1.807, 2.05) is 24.3 Å². The number of aromatic nitrogens is 3. The van der Waals surface area contributed by atoms with Crippen LogP contribution in [0.4, 0.5) is 0 Å². The third-order valence-electron chi connectivity index (χ3n) is 1.38. The summed E-state index contributed by atoms with van der Waals surface area (Å²) in [5.41, 5.74) is 0.980. The maximum atomic E-state index is 4.00. The zero-order valence-corrected chi connectivity index (χ0v) is 5.78. The van der Waals surface area contributed by atoms with Crippen molar-refractivity contribution in [2.75, 3.05) is 0 Å². The molecule has 3 heteroatoms. The van der Waals surface area contributed by atoms with Crippen molar-refractivity contribution in [3.8, 4) is 11.4 Å². The predicted molar refractivity (Wildman–Crippen MR) is 40.7 cm³/mol. The molecule has 2 aromatic rings. The molecule has 0 aliphatic carbocycles. The SMILES string of the molecule is [c]1cccc(-c2nc[nH]n2)c1. The maximum absolute atomic E-state index is 4.00. The van der Waals surface area contributed by atoms with Gasteiger partial charge in [0, 0.05) is 5.56 Å². The van der Waals surface area contributed by atoms with E-state index in [-0.39, 0.29) is 0 Å². The molecule has 11 heavy (non-hydrogen) atoms. The Labute approximate surface area is 64.1 Å². The number of aromatic amines is 1. The molecule has 1 radical (unpaired) electrons. The van der Waals surface area contributed by atoms with Gasteiger partial charge in [-0.15, -0.1) is 0 Å². The van der Waals surface area contributed by atoms with Crippen LogP contribution in [0.2, 0.25) is 0 Å². The number of benzene rings is 1. The molecule has 1 N–H and O–H groups in total. The fourth-order valence-electron chi connectivity index (χ4n) is 0.880. The fourth-order valence-corrected chi connectivity index (χ4v) is 0.880. The summed E-state index contributed by atoms with van der Waals surface area (Å²) in [7, 11) is 0. The molecule has 0 saturated heterocycles. The number of nitrogens with zero attached hydrogens (tertiary/aromatic N) is 2. The lowest BCUT2D eigenvalue weighted by molar-refractivity contribution is 1.10. The van der Waals surface area contributed by atoms with Crippen LogP contribution in [0.15, 0.2) is 30.6 Å². The summed E-state index contributed by atoms with van der Waals surface area (Å²) in [6.07, 6.45) is 1.56. The molecule has 2 rings (SSSR count). The van der Waals surface area contributed by atoms with Crippen molar-refractivity contribution in [2.45, 2.75) is 0 Å². The minimum atomic E-state index is 0.710. The average molecular weight is 144 g/mol. The molecule has 0 fully saturated rings. The zero-order chi connectivity index (χ0) is 7.52. The Bertz CT molecular complexity index is 312. The van der Waals surface area contributed by atoms with Crippen molar-refractivity contribution in [1.29, 1.82) is 0 Å². The van der Waals surface area contributed by atoms with E-state index < -0.39 is 0 Å². The number of hydrogen-bond acceptors (Lipinski definition) is 2. The minimum Gasteiger partial charge on any atom is -0.265 e. The molecule has 0 spiro atoms. The molecule has 0 amide bonds. The summed E-state index contributed by atoms with van der Waals surface area (Å²) in [6.45, 7) is 0. The highest BCUT2D eigenvalue weighted by molar-refractivity contribution is 5.52. The Balaban J connectivity index is 2.46. The smallest absolute Gasteiger partial charge is 0.180 e. The van der Waals surface area contributed by atoms with Crippen molar-refractivity contribution >= 4 is 0 Å². The molecule has 1 aromatic heterocycles. The summed E-state index contributed by atoms with van der Waals surface area (Å²) in [5.74, 6) is 0.710. The van der Waals surface area contributed by atoms with E-state index in [2.05, 4.69) is 21.2 Å². The van der Waals surface area contributed by atoms with Crippen LogP contribution in [0.25, 0.3) is 11.4 Å². The number of H-pyrrole nitrogens is 1. The number of rotatable bonds is 1. The summed E-state index contributed by atoms with van der Waals surface area (Å²) in [5, 5.41) is 6.58. The largest absolute Gasteiger partial charge is 0.265 e.